The Labute approximate surface area is 116 Å². The summed E-state index contributed by atoms with van der Waals surface area (Å²) in [5.74, 6) is 1.38. The maximum atomic E-state index is 10.1. The second-order valence-electron chi connectivity index (χ2n) is 6.32. The molecule has 0 radical (unpaired) electrons. The Kier molecular flexibility index (Phi) is 3.79. The third-order valence-electron chi connectivity index (χ3n) is 4.94. The van der Waals surface area contributed by atoms with E-state index in [1.165, 1.54) is 56.3 Å². The van der Waals surface area contributed by atoms with Crippen LogP contribution in [0, 0.1) is 5.92 Å². The second kappa shape index (κ2) is 5.54. The molecule has 0 saturated carbocycles. The molecule has 1 aliphatic carbocycles. The third kappa shape index (κ3) is 2.64. The van der Waals surface area contributed by atoms with Gasteiger partial charge in [0.25, 0.3) is 0 Å². The first kappa shape index (κ1) is 13.0. The second-order valence-corrected chi connectivity index (χ2v) is 6.32. The number of nitrogens with zero attached hydrogens (tertiary/aromatic N) is 1. The topological polar surface area (TPSA) is 23.5 Å². The monoisotopic (exact) mass is 259 g/mol. The van der Waals surface area contributed by atoms with Crippen molar-refractivity contribution in [2.75, 3.05) is 13.1 Å². The molecule has 3 rings (SSSR count). The molecule has 2 aliphatic rings. The van der Waals surface area contributed by atoms with Gasteiger partial charge in [-0.15, -0.1) is 0 Å². The van der Waals surface area contributed by atoms with Crippen molar-refractivity contribution in [2.24, 2.45) is 5.92 Å². The predicted molar refractivity (Wildman–Crippen MR) is 78.4 cm³/mol. The number of rotatable bonds is 1. The molecule has 2 unspecified atom stereocenters. The van der Waals surface area contributed by atoms with Crippen molar-refractivity contribution >= 4 is 0 Å². The van der Waals surface area contributed by atoms with Crippen LogP contribution >= 0.6 is 0 Å². The lowest BCUT2D eigenvalue weighted by molar-refractivity contribution is 0.183. The number of likely N-dealkylation sites (tertiary alicyclic amines) is 1. The Morgan fingerprint density at radius 3 is 2.89 bits per heavy atom. The first-order valence-electron chi connectivity index (χ1n) is 7.80. The van der Waals surface area contributed by atoms with Crippen molar-refractivity contribution < 1.29 is 5.11 Å². The minimum absolute atomic E-state index is 0.505. The zero-order valence-electron chi connectivity index (χ0n) is 11.9. The summed E-state index contributed by atoms with van der Waals surface area (Å²) in [7, 11) is 0. The molecule has 1 aliphatic heterocycles. The number of hydrogen-bond acceptors (Lipinski definition) is 2. The van der Waals surface area contributed by atoms with Crippen molar-refractivity contribution in [3.8, 4) is 5.75 Å². The van der Waals surface area contributed by atoms with Crippen LogP contribution in [-0.2, 0) is 6.42 Å². The Morgan fingerprint density at radius 2 is 2.00 bits per heavy atom. The van der Waals surface area contributed by atoms with Crippen LogP contribution in [0.4, 0.5) is 0 Å². The SMILES string of the molecule is CC1CCCN(C2CCCc3c(O)cccc32)CC1. The van der Waals surface area contributed by atoms with E-state index in [0.29, 0.717) is 11.8 Å². The minimum atomic E-state index is 0.505. The summed E-state index contributed by atoms with van der Waals surface area (Å²) in [6.45, 7) is 4.83. The Hall–Kier alpha value is -1.02. The summed E-state index contributed by atoms with van der Waals surface area (Å²) in [5.41, 5.74) is 2.59. The van der Waals surface area contributed by atoms with Gasteiger partial charge < -0.3 is 5.11 Å². The lowest BCUT2D eigenvalue weighted by Gasteiger charge is -2.35. The van der Waals surface area contributed by atoms with Crippen LogP contribution in [-0.4, -0.2) is 23.1 Å². The van der Waals surface area contributed by atoms with Crippen molar-refractivity contribution in [3.05, 3.63) is 29.3 Å². The average molecular weight is 259 g/mol. The van der Waals surface area contributed by atoms with Crippen molar-refractivity contribution in [1.29, 1.82) is 0 Å². The molecule has 104 valence electrons. The van der Waals surface area contributed by atoms with E-state index in [1.807, 2.05) is 12.1 Å². The van der Waals surface area contributed by atoms with Crippen LogP contribution in [0.3, 0.4) is 0 Å². The zero-order chi connectivity index (χ0) is 13.2. The first-order valence-corrected chi connectivity index (χ1v) is 7.80. The van der Waals surface area contributed by atoms with Gasteiger partial charge in [-0.2, -0.15) is 0 Å². The summed E-state index contributed by atoms with van der Waals surface area (Å²) >= 11 is 0. The van der Waals surface area contributed by atoms with Gasteiger partial charge in [0.2, 0.25) is 0 Å². The lowest BCUT2D eigenvalue weighted by atomic mass is 9.86. The van der Waals surface area contributed by atoms with Gasteiger partial charge >= 0.3 is 0 Å². The maximum absolute atomic E-state index is 10.1. The molecular weight excluding hydrogens is 234 g/mol. The van der Waals surface area contributed by atoms with E-state index >= 15 is 0 Å². The van der Waals surface area contributed by atoms with Gasteiger partial charge in [0.15, 0.2) is 0 Å². The Balaban J connectivity index is 1.85. The molecule has 1 N–H and O–H groups in total. The fraction of sp³-hybridized carbons (Fsp3) is 0.647. The van der Waals surface area contributed by atoms with Crippen molar-refractivity contribution in [1.82, 2.24) is 4.90 Å². The summed E-state index contributed by atoms with van der Waals surface area (Å²) in [5, 5.41) is 10.1. The lowest BCUT2D eigenvalue weighted by Crippen LogP contribution is -2.32. The van der Waals surface area contributed by atoms with Crippen molar-refractivity contribution in [2.45, 2.75) is 51.5 Å². The number of fused-ring (bicyclic) bond motifs is 1. The highest BCUT2D eigenvalue weighted by Crippen LogP contribution is 2.39. The molecule has 1 saturated heterocycles. The zero-order valence-corrected chi connectivity index (χ0v) is 11.9. The summed E-state index contributed by atoms with van der Waals surface area (Å²) < 4.78 is 0. The summed E-state index contributed by atoms with van der Waals surface area (Å²) in [6.07, 6.45) is 7.53. The van der Waals surface area contributed by atoms with Gasteiger partial charge in [0, 0.05) is 6.04 Å². The maximum Gasteiger partial charge on any atom is 0.119 e. The fourth-order valence-electron chi connectivity index (χ4n) is 3.78. The van der Waals surface area contributed by atoms with E-state index in [2.05, 4.69) is 17.9 Å². The van der Waals surface area contributed by atoms with Gasteiger partial charge in [-0.3, -0.25) is 4.90 Å². The van der Waals surface area contributed by atoms with Crippen LogP contribution in [0.1, 0.15) is 56.2 Å². The summed E-state index contributed by atoms with van der Waals surface area (Å²) in [4.78, 5) is 2.67. The van der Waals surface area contributed by atoms with E-state index in [1.54, 1.807) is 0 Å². The van der Waals surface area contributed by atoms with Gasteiger partial charge in [0.05, 0.1) is 0 Å². The number of aromatic hydroxyl groups is 1. The van der Waals surface area contributed by atoms with E-state index < -0.39 is 0 Å². The molecule has 1 fully saturated rings. The fourth-order valence-corrected chi connectivity index (χ4v) is 3.78. The van der Waals surface area contributed by atoms with Gasteiger partial charge in [-0.05, 0) is 74.7 Å². The van der Waals surface area contributed by atoms with Gasteiger partial charge in [-0.1, -0.05) is 19.1 Å². The molecule has 0 amide bonds. The quantitative estimate of drug-likeness (QED) is 0.827. The minimum Gasteiger partial charge on any atom is -0.508 e. The van der Waals surface area contributed by atoms with Crippen LogP contribution < -0.4 is 0 Å². The van der Waals surface area contributed by atoms with Crippen molar-refractivity contribution in [3.63, 3.8) is 0 Å². The average Bonchev–Trinajstić information content (AvgIpc) is 2.64. The predicted octanol–water partition coefficient (Wildman–Crippen LogP) is 3.89. The van der Waals surface area contributed by atoms with Crippen LogP contribution in [0.15, 0.2) is 18.2 Å². The Bertz CT molecular complexity index is 443. The molecule has 2 atom stereocenters. The molecule has 0 aromatic heterocycles. The van der Waals surface area contributed by atoms with E-state index in [4.69, 9.17) is 0 Å². The molecule has 1 heterocycles. The number of hydrogen-bond donors (Lipinski definition) is 1. The first-order chi connectivity index (χ1) is 9.25. The number of benzene rings is 1. The molecule has 1 aromatic rings. The highest BCUT2D eigenvalue weighted by atomic mass is 16.3. The van der Waals surface area contributed by atoms with Crippen LogP contribution in [0.5, 0.6) is 5.75 Å². The smallest absolute Gasteiger partial charge is 0.119 e. The molecule has 1 aromatic carbocycles. The van der Waals surface area contributed by atoms with E-state index in [-0.39, 0.29) is 0 Å². The molecule has 0 bridgehead atoms. The molecular formula is C17H25NO. The molecule has 2 heteroatoms. The highest BCUT2D eigenvalue weighted by molar-refractivity contribution is 5.42. The Morgan fingerprint density at radius 1 is 1.11 bits per heavy atom. The van der Waals surface area contributed by atoms with E-state index in [0.717, 1.165) is 12.3 Å². The number of phenolic OH excluding ortho intramolecular Hbond substituents is 1. The van der Waals surface area contributed by atoms with Crippen LogP contribution in [0.25, 0.3) is 0 Å². The van der Waals surface area contributed by atoms with E-state index in [9.17, 15) is 5.11 Å². The highest BCUT2D eigenvalue weighted by Gasteiger charge is 2.28. The number of phenols is 1. The summed E-state index contributed by atoms with van der Waals surface area (Å²) in [6, 6.07) is 6.62. The molecule has 19 heavy (non-hydrogen) atoms. The van der Waals surface area contributed by atoms with Crippen LogP contribution in [0.2, 0.25) is 0 Å². The van der Waals surface area contributed by atoms with Gasteiger partial charge in [0.1, 0.15) is 5.75 Å². The normalized spacial score (nSPS) is 28.7. The molecule has 0 spiro atoms. The largest absolute Gasteiger partial charge is 0.508 e. The van der Waals surface area contributed by atoms with Gasteiger partial charge in [-0.25, -0.2) is 0 Å². The third-order valence-corrected chi connectivity index (χ3v) is 4.94. The standard InChI is InChI=1S/C17H25NO/c1-13-5-4-11-18(12-10-13)16-8-2-7-15-14(16)6-3-9-17(15)19/h3,6,9,13,16,19H,2,4-5,7-8,10-12H2,1H3. The molecule has 2 nitrogen and oxygen atoms in total.